The quantitative estimate of drug-likeness (QED) is 0.794. The lowest BCUT2D eigenvalue weighted by Gasteiger charge is -2.41. The summed E-state index contributed by atoms with van der Waals surface area (Å²) in [6.45, 7) is 3.04. The van der Waals surface area contributed by atoms with Crippen LogP contribution in [0.1, 0.15) is 12.8 Å². The average Bonchev–Trinajstić information content (AvgIpc) is 2.50. The van der Waals surface area contributed by atoms with Crippen LogP contribution in [0.15, 0.2) is 41.5 Å². The van der Waals surface area contributed by atoms with Crippen LogP contribution in [0.5, 0.6) is 0 Å². The van der Waals surface area contributed by atoms with Crippen molar-refractivity contribution in [1.82, 2.24) is 9.55 Å². The highest BCUT2D eigenvalue weighted by molar-refractivity contribution is 5.63. The van der Waals surface area contributed by atoms with Gasteiger partial charge in [0.2, 0.25) is 0 Å². The van der Waals surface area contributed by atoms with E-state index in [1.54, 1.807) is 12.4 Å². The van der Waals surface area contributed by atoms with Gasteiger partial charge in [0, 0.05) is 37.6 Å². The Morgan fingerprint density at radius 2 is 1.95 bits per heavy atom. The Morgan fingerprint density at radius 3 is 2.80 bits per heavy atom. The highest BCUT2D eigenvalue weighted by atomic mass is 16.1. The summed E-state index contributed by atoms with van der Waals surface area (Å²) in [5.74, 6) is 1.71. The van der Waals surface area contributed by atoms with Crippen molar-refractivity contribution in [2.75, 3.05) is 18.0 Å². The van der Waals surface area contributed by atoms with E-state index in [0.717, 1.165) is 36.6 Å². The normalized spacial score (nSPS) is 20.6. The molecule has 0 radical (unpaired) electrons. The molecule has 4 nitrogen and oxygen atoms in total. The zero-order valence-corrected chi connectivity index (χ0v) is 11.3. The lowest BCUT2D eigenvalue weighted by Crippen LogP contribution is -2.46. The van der Waals surface area contributed by atoms with E-state index < -0.39 is 0 Å². The van der Waals surface area contributed by atoms with E-state index in [2.05, 4.69) is 16.0 Å². The Balaban J connectivity index is 1.86. The van der Waals surface area contributed by atoms with E-state index in [4.69, 9.17) is 0 Å². The molecule has 2 aliphatic heterocycles. The predicted molar refractivity (Wildman–Crippen MR) is 78.9 cm³/mol. The van der Waals surface area contributed by atoms with Crippen LogP contribution < -0.4 is 10.5 Å². The van der Waals surface area contributed by atoms with Crippen molar-refractivity contribution < 1.29 is 0 Å². The fourth-order valence-corrected chi connectivity index (χ4v) is 3.45. The van der Waals surface area contributed by atoms with Crippen molar-refractivity contribution in [3.05, 3.63) is 47.0 Å². The van der Waals surface area contributed by atoms with Gasteiger partial charge < -0.3 is 4.90 Å². The topological polar surface area (TPSA) is 38.1 Å². The van der Waals surface area contributed by atoms with Gasteiger partial charge in [-0.3, -0.25) is 14.3 Å². The fraction of sp³-hybridized carbons (Fsp3) is 0.375. The Hall–Kier alpha value is -2.10. The first kappa shape index (κ1) is 11.7. The summed E-state index contributed by atoms with van der Waals surface area (Å²) in [5.41, 5.74) is 1.86. The van der Waals surface area contributed by atoms with Crippen LogP contribution in [-0.4, -0.2) is 22.6 Å². The third kappa shape index (κ3) is 1.75. The smallest absolute Gasteiger partial charge is 0.259 e. The number of rotatable bonds is 1. The second-order valence-corrected chi connectivity index (χ2v) is 5.71. The Morgan fingerprint density at radius 1 is 1.10 bits per heavy atom. The highest BCUT2D eigenvalue weighted by Gasteiger charge is 2.28. The summed E-state index contributed by atoms with van der Waals surface area (Å²) in [6.07, 6.45) is 5.95. The van der Waals surface area contributed by atoms with Gasteiger partial charge in [-0.25, -0.2) is 0 Å². The zero-order valence-electron chi connectivity index (χ0n) is 11.3. The maximum Gasteiger partial charge on any atom is 0.259 e. The van der Waals surface area contributed by atoms with Gasteiger partial charge in [-0.15, -0.1) is 0 Å². The highest BCUT2D eigenvalue weighted by Crippen LogP contribution is 2.30. The summed E-state index contributed by atoms with van der Waals surface area (Å²) in [4.78, 5) is 19.1. The molecule has 2 aromatic heterocycles. The van der Waals surface area contributed by atoms with Gasteiger partial charge >= 0.3 is 0 Å². The van der Waals surface area contributed by atoms with Gasteiger partial charge in [-0.2, -0.15) is 0 Å². The Kier molecular flexibility index (Phi) is 2.62. The van der Waals surface area contributed by atoms with Crippen molar-refractivity contribution >= 4 is 5.82 Å². The molecular weight excluding hydrogens is 250 g/mol. The first-order valence-electron chi connectivity index (χ1n) is 7.22. The molecule has 2 aromatic rings. The van der Waals surface area contributed by atoms with Gasteiger partial charge in [-0.1, -0.05) is 0 Å². The molecule has 0 amide bonds. The van der Waals surface area contributed by atoms with E-state index in [1.807, 2.05) is 22.8 Å². The molecule has 0 N–H and O–H groups in total. The fourth-order valence-electron chi connectivity index (χ4n) is 3.45. The van der Waals surface area contributed by atoms with Crippen LogP contribution in [0.2, 0.25) is 0 Å². The minimum absolute atomic E-state index is 0.130. The molecule has 4 heteroatoms. The molecule has 1 fully saturated rings. The standard InChI is InChI=1S/C16H17N3O/c20-16-14(13-5-7-17-8-6-13)3-4-15-18-9-1-2-12(10-18)11-19(15)16/h3-8,12H,1-2,9-11H2. The molecular formula is C16H17N3O. The van der Waals surface area contributed by atoms with Crippen LogP contribution in [-0.2, 0) is 6.54 Å². The minimum atomic E-state index is 0.130. The minimum Gasteiger partial charge on any atom is -0.358 e. The number of pyridine rings is 2. The van der Waals surface area contributed by atoms with Crippen LogP contribution in [0.3, 0.4) is 0 Å². The average molecular weight is 267 g/mol. The SMILES string of the molecule is O=c1c(-c2ccncc2)ccc2n1CC1CCCN2C1. The van der Waals surface area contributed by atoms with Gasteiger partial charge in [0.25, 0.3) is 5.56 Å². The number of anilines is 1. The van der Waals surface area contributed by atoms with Crippen LogP contribution in [0, 0.1) is 5.92 Å². The van der Waals surface area contributed by atoms with Crippen LogP contribution in [0.4, 0.5) is 5.82 Å². The van der Waals surface area contributed by atoms with Gasteiger partial charge in [-0.05, 0) is 48.6 Å². The number of fused-ring (bicyclic) bond motifs is 4. The lowest BCUT2D eigenvalue weighted by molar-refractivity contribution is 0.329. The predicted octanol–water partition coefficient (Wildman–Crippen LogP) is 2.14. The van der Waals surface area contributed by atoms with E-state index in [1.165, 1.54) is 12.8 Å². The number of nitrogens with zero attached hydrogens (tertiary/aromatic N) is 3. The van der Waals surface area contributed by atoms with Crippen molar-refractivity contribution in [3.63, 3.8) is 0 Å². The van der Waals surface area contributed by atoms with E-state index in [9.17, 15) is 4.79 Å². The number of hydrogen-bond acceptors (Lipinski definition) is 3. The van der Waals surface area contributed by atoms with Crippen LogP contribution >= 0.6 is 0 Å². The first-order chi connectivity index (χ1) is 9.83. The second kappa shape index (κ2) is 4.47. The monoisotopic (exact) mass is 267 g/mol. The molecule has 2 bridgehead atoms. The van der Waals surface area contributed by atoms with Crippen molar-refractivity contribution in [2.24, 2.45) is 5.92 Å². The molecule has 1 saturated heterocycles. The number of hydrogen-bond donors (Lipinski definition) is 0. The molecule has 0 aliphatic carbocycles. The van der Waals surface area contributed by atoms with Crippen molar-refractivity contribution in [3.8, 4) is 11.1 Å². The molecule has 4 rings (SSSR count). The van der Waals surface area contributed by atoms with Gasteiger partial charge in [0.05, 0.1) is 0 Å². The Labute approximate surface area is 117 Å². The third-order valence-electron chi connectivity index (χ3n) is 4.43. The molecule has 1 unspecified atom stereocenters. The first-order valence-corrected chi connectivity index (χ1v) is 7.22. The van der Waals surface area contributed by atoms with E-state index in [-0.39, 0.29) is 5.56 Å². The van der Waals surface area contributed by atoms with E-state index >= 15 is 0 Å². The van der Waals surface area contributed by atoms with Gasteiger partial charge in [0.15, 0.2) is 0 Å². The second-order valence-electron chi connectivity index (χ2n) is 5.71. The van der Waals surface area contributed by atoms with Gasteiger partial charge in [0.1, 0.15) is 5.82 Å². The van der Waals surface area contributed by atoms with Crippen LogP contribution in [0.25, 0.3) is 11.1 Å². The number of aromatic nitrogens is 2. The zero-order chi connectivity index (χ0) is 13.5. The summed E-state index contributed by atoms with van der Waals surface area (Å²) in [5, 5.41) is 0. The molecule has 1 atom stereocenters. The summed E-state index contributed by atoms with van der Waals surface area (Å²) < 4.78 is 1.96. The summed E-state index contributed by atoms with van der Waals surface area (Å²) >= 11 is 0. The molecule has 102 valence electrons. The number of piperidine rings is 1. The molecule has 20 heavy (non-hydrogen) atoms. The lowest BCUT2D eigenvalue weighted by atomic mass is 9.95. The summed E-state index contributed by atoms with van der Waals surface area (Å²) in [7, 11) is 0. The maximum atomic E-state index is 12.8. The van der Waals surface area contributed by atoms with E-state index in [0.29, 0.717) is 5.92 Å². The van der Waals surface area contributed by atoms with Crippen molar-refractivity contribution in [1.29, 1.82) is 0 Å². The maximum absolute atomic E-state index is 12.8. The molecule has 0 spiro atoms. The Bertz CT molecular complexity index is 693. The molecule has 0 saturated carbocycles. The third-order valence-corrected chi connectivity index (χ3v) is 4.43. The summed E-state index contributed by atoms with van der Waals surface area (Å²) in [6, 6.07) is 7.85. The molecule has 0 aromatic carbocycles. The molecule has 4 heterocycles. The largest absolute Gasteiger partial charge is 0.358 e. The van der Waals surface area contributed by atoms with Crippen molar-refractivity contribution in [2.45, 2.75) is 19.4 Å². The molecule has 2 aliphatic rings.